The van der Waals surface area contributed by atoms with Crippen LogP contribution in [0, 0.1) is 0 Å². The third-order valence-electron chi connectivity index (χ3n) is 13.7. The molecule has 0 bridgehead atoms. The minimum Gasteiger partial charge on any atom is -0.493 e. The molecule has 414 valence electrons. The summed E-state index contributed by atoms with van der Waals surface area (Å²) in [6.07, 6.45) is 10.3. The van der Waals surface area contributed by atoms with Crippen LogP contribution in [0.1, 0.15) is 99.1 Å². The number of hydrogen-bond donors (Lipinski definition) is 3. The van der Waals surface area contributed by atoms with Gasteiger partial charge in [0.2, 0.25) is 17.7 Å². The molecule has 3 N–H and O–H groups in total. The van der Waals surface area contributed by atoms with Crippen molar-refractivity contribution in [3.8, 4) is 23.0 Å². The maximum absolute atomic E-state index is 14.0. The van der Waals surface area contributed by atoms with Crippen LogP contribution in [0.3, 0.4) is 0 Å². The van der Waals surface area contributed by atoms with Gasteiger partial charge in [-0.25, -0.2) is 0 Å². The van der Waals surface area contributed by atoms with Crippen LogP contribution in [0.25, 0.3) is 0 Å². The summed E-state index contributed by atoms with van der Waals surface area (Å²) >= 11 is 0. The first-order chi connectivity index (χ1) is 37.8. The fourth-order valence-corrected chi connectivity index (χ4v) is 12.2. The Morgan fingerprint density at radius 1 is 0.734 bits per heavy atom. The summed E-state index contributed by atoms with van der Waals surface area (Å²) in [6, 6.07) is 19.8. The zero-order valence-electron chi connectivity index (χ0n) is 45.8. The highest BCUT2D eigenvalue weighted by Gasteiger charge is 2.38. The van der Waals surface area contributed by atoms with Crippen molar-refractivity contribution in [1.29, 1.82) is 0 Å². The number of amides is 5. The molecule has 4 aliphatic rings. The maximum atomic E-state index is 14.0. The number of ether oxygens (including phenoxy) is 4. The smallest absolute Gasteiger partial charge is 0.261 e. The van der Waals surface area contributed by atoms with Crippen LogP contribution < -0.4 is 44.7 Å². The number of aliphatic imine (C=N–C) groups is 2. The molecule has 0 saturated heterocycles. The summed E-state index contributed by atoms with van der Waals surface area (Å²) in [7, 11) is 6.33. The Balaban J connectivity index is 0.954. The number of hydrogen-bond acceptors (Lipinski definition) is 14. The molecule has 0 spiro atoms. The normalized spacial score (nSPS) is 16.9. The van der Waals surface area contributed by atoms with Gasteiger partial charge in [-0.15, -0.1) is 0 Å². The van der Waals surface area contributed by atoms with Gasteiger partial charge in [0.25, 0.3) is 11.8 Å². The molecular formula is C60H67N7O10S2. The van der Waals surface area contributed by atoms with Crippen molar-refractivity contribution in [2.45, 2.75) is 109 Å². The first-order valence-electron chi connectivity index (χ1n) is 26.2. The molecule has 0 radical (unpaired) electrons. The Labute approximate surface area is 469 Å². The molecule has 0 aromatic heterocycles. The minimum atomic E-state index is -1.05. The molecule has 0 saturated carbocycles. The zero-order chi connectivity index (χ0) is 56.5. The van der Waals surface area contributed by atoms with Gasteiger partial charge in [-0.2, -0.15) is 0 Å². The number of anilines is 2. The van der Waals surface area contributed by atoms with Gasteiger partial charge >= 0.3 is 0 Å². The van der Waals surface area contributed by atoms with E-state index in [1.165, 1.54) is 21.1 Å². The van der Waals surface area contributed by atoms with Gasteiger partial charge in [0, 0.05) is 77.8 Å². The second-order valence-electron chi connectivity index (χ2n) is 20.6. The van der Waals surface area contributed by atoms with Gasteiger partial charge in [-0.05, 0) is 113 Å². The number of rotatable bonds is 24. The maximum Gasteiger partial charge on any atom is 0.261 e. The van der Waals surface area contributed by atoms with Crippen LogP contribution in [0.5, 0.6) is 23.0 Å². The second kappa shape index (κ2) is 25.4. The van der Waals surface area contributed by atoms with E-state index < -0.39 is 23.9 Å². The lowest BCUT2D eigenvalue weighted by molar-refractivity contribution is -0.131. The van der Waals surface area contributed by atoms with Crippen molar-refractivity contribution in [2.24, 2.45) is 9.98 Å². The summed E-state index contributed by atoms with van der Waals surface area (Å²) in [5.74, 6) is 0.492. The molecule has 0 unspecified atom stereocenters. The Hall–Kier alpha value is -7.64. The van der Waals surface area contributed by atoms with E-state index in [9.17, 15) is 28.8 Å². The third-order valence-corrected chi connectivity index (χ3v) is 17.1. The standard InChI is InChI=1S/C60H67N7O10S2/c1-35(33-76-53-29-47-45(27-51(53)74-8)58(72)66-43(31-61-47)25-40-16-10-12-18-49(40)66)23-42(65-57(71)39(5)64-56(70)38(4)63-55(69)20-21-60(6,7)79-78-22-14-15-37(3)68)24-36(2)34-77-54-30-48-46(28-52(54)75-9)59(73)67-44(32-62-48)26-41-17-11-13-19-50(41)67/h10-13,16-19,23-24,27-32,38-39,43-44H,1,14-15,20-22,25-26,33-34H2,2-9H3,(H,63,69)(H,64,70)(H,65,71)/b36-24+,42-23+/t38-,39-,43-,44-/m0/s1. The largest absolute Gasteiger partial charge is 0.493 e. The monoisotopic (exact) mass is 1110 g/mol. The van der Waals surface area contributed by atoms with Gasteiger partial charge in [0.05, 0.1) is 48.8 Å². The first kappa shape index (κ1) is 57.5. The van der Waals surface area contributed by atoms with Gasteiger partial charge in [0.1, 0.15) is 31.1 Å². The summed E-state index contributed by atoms with van der Waals surface area (Å²) in [5, 5.41) is 8.38. The summed E-state index contributed by atoms with van der Waals surface area (Å²) in [6.45, 7) is 14.8. The predicted molar refractivity (Wildman–Crippen MR) is 312 cm³/mol. The zero-order valence-corrected chi connectivity index (χ0v) is 47.4. The van der Waals surface area contributed by atoms with Crippen LogP contribution in [0.15, 0.2) is 118 Å². The second-order valence-corrected chi connectivity index (χ2v) is 23.7. The summed E-state index contributed by atoms with van der Waals surface area (Å²) in [5.41, 5.74) is 6.79. The number of para-hydroxylation sites is 2. The number of nitrogens with zero attached hydrogens (tertiary/aromatic N) is 4. The van der Waals surface area contributed by atoms with E-state index >= 15 is 0 Å². The van der Waals surface area contributed by atoms with Crippen LogP contribution >= 0.6 is 21.6 Å². The van der Waals surface area contributed by atoms with E-state index in [0.29, 0.717) is 82.3 Å². The van der Waals surface area contributed by atoms with Crippen LogP contribution in [0.4, 0.5) is 22.7 Å². The third kappa shape index (κ3) is 14.0. The fraction of sp³-hybridized carbons (Fsp3) is 0.367. The van der Waals surface area contributed by atoms with Crippen molar-refractivity contribution >= 4 is 92.1 Å². The molecule has 4 aliphatic heterocycles. The summed E-state index contributed by atoms with van der Waals surface area (Å²) in [4.78, 5) is 92.6. The van der Waals surface area contributed by atoms with Crippen LogP contribution in [-0.4, -0.2) is 110 Å². The van der Waals surface area contributed by atoms with Crippen molar-refractivity contribution in [3.63, 3.8) is 0 Å². The fourth-order valence-electron chi connectivity index (χ4n) is 9.49. The predicted octanol–water partition coefficient (Wildman–Crippen LogP) is 9.56. The lowest BCUT2D eigenvalue weighted by Crippen LogP contribution is -2.51. The molecule has 0 aliphatic carbocycles. The number of carbonyl (C=O) groups excluding carboxylic acids is 6. The Morgan fingerprint density at radius 3 is 1.81 bits per heavy atom. The first-order valence-corrected chi connectivity index (χ1v) is 28.5. The van der Waals surface area contributed by atoms with Crippen molar-refractivity contribution < 1.29 is 47.7 Å². The van der Waals surface area contributed by atoms with E-state index in [-0.39, 0.29) is 65.7 Å². The Morgan fingerprint density at radius 2 is 1.27 bits per heavy atom. The number of ketones is 1. The molecule has 4 aromatic carbocycles. The quantitative estimate of drug-likeness (QED) is 0.0341. The Kier molecular flexibility index (Phi) is 18.5. The molecule has 79 heavy (non-hydrogen) atoms. The highest BCUT2D eigenvalue weighted by molar-refractivity contribution is 8.77. The molecule has 0 fully saturated rings. The molecular weight excluding hydrogens is 1040 g/mol. The highest BCUT2D eigenvalue weighted by atomic mass is 33.1. The average Bonchev–Trinajstić information content (AvgIpc) is 3.97. The van der Waals surface area contributed by atoms with Gasteiger partial charge in [0.15, 0.2) is 23.0 Å². The average molecular weight is 1110 g/mol. The van der Waals surface area contributed by atoms with Gasteiger partial charge < -0.3 is 39.7 Å². The van der Waals surface area contributed by atoms with Gasteiger partial charge in [-0.1, -0.05) is 64.6 Å². The molecule has 19 heteroatoms. The summed E-state index contributed by atoms with van der Waals surface area (Å²) < 4.78 is 23.8. The number of benzene rings is 4. The van der Waals surface area contributed by atoms with Crippen LogP contribution in [-0.2, 0) is 32.0 Å². The van der Waals surface area contributed by atoms with E-state index in [1.807, 2.05) is 48.5 Å². The molecule has 4 atom stereocenters. The molecule has 5 amide bonds. The van der Waals surface area contributed by atoms with Crippen molar-refractivity contribution in [1.82, 2.24) is 16.0 Å². The highest BCUT2D eigenvalue weighted by Crippen LogP contribution is 2.43. The Bertz CT molecular complexity index is 3190. The number of nitrogens with one attached hydrogen (secondary N) is 3. The molecule has 4 aromatic rings. The van der Waals surface area contributed by atoms with E-state index in [0.717, 1.165) is 34.7 Å². The lowest BCUT2D eigenvalue weighted by atomic mass is 10.1. The molecule has 17 nitrogen and oxygen atoms in total. The number of methoxy groups -OCH3 is 2. The SMILES string of the molecule is C=C(/C=C(\C=C(/C)COc1cc2c(cc1OC)C(=O)N1c3ccccc3C[C@H]1C=N2)NC(=O)[C@H](C)NC(=O)[C@H](C)NC(=O)CCC(C)(C)SSCCCC(C)=O)COc1cc2c(cc1OC)C(=O)N1c3ccccc3C[C@H]1C=N2. The lowest BCUT2D eigenvalue weighted by Gasteiger charge is -2.23. The topological polar surface area (TPSA) is 207 Å². The van der Waals surface area contributed by atoms with E-state index in [1.54, 1.807) is 101 Å². The number of Topliss-reactive ketones (excluding diaryl/α,β-unsaturated/α-hetero) is 1. The number of allylic oxidation sites excluding steroid dienone is 1. The van der Waals surface area contributed by atoms with Crippen LogP contribution in [0.2, 0.25) is 0 Å². The molecule has 4 heterocycles. The minimum absolute atomic E-state index is 0.0138. The number of fused-ring (bicyclic) bond motifs is 8. The van der Waals surface area contributed by atoms with Gasteiger partial charge in [-0.3, -0.25) is 43.8 Å². The number of carbonyl (C=O) groups is 6. The molecule has 8 rings (SSSR count). The van der Waals surface area contributed by atoms with Crippen molar-refractivity contribution in [2.75, 3.05) is 43.0 Å². The van der Waals surface area contributed by atoms with Crippen molar-refractivity contribution in [3.05, 3.63) is 131 Å². The van der Waals surface area contributed by atoms with E-state index in [4.69, 9.17) is 28.9 Å². The van der Waals surface area contributed by atoms with E-state index in [2.05, 4.69) is 36.4 Å².